The molecule has 0 fully saturated rings. The SMILES string of the molecule is CCCCCC(=O)NO.O=C(CCCCCCC(=O)NO)NO.O=C(CCc1ccccc1)NO.O=C(NO)c1ccccc1. The highest BCUT2D eigenvalue weighted by molar-refractivity contribution is 5.93. The van der Waals surface area contributed by atoms with Crippen LogP contribution in [0.1, 0.15) is 93.5 Å². The van der Waals surface area contributed by atoms with Crippen molar-refractivity contribution in [1.29, 1.82) is 0 Å². The molecular formula is C30H47N5O10. The van der Waals surface area contributed by atoms with Gasteiger partial charge in [-0.15, -0.1) is 0 Å². The van der Waals surface area contributed by atoms with Crippen LogP contribution in [-0.2, 0) is 25.6 Å². The van der Waals surface area contributed by atoms with Gasteiger partial charge in [0.2, 0.25) is 23.6 Å². The summed E-state index contributed by atoms with van der Waals surface area (Å²) in [5.74, 6) is -1.90. The number of rotatable bonds is 15. The van der Waals surface area contributed by atoms with E-state index in [-0.39, 0.29) is 11.8 Å². The first-order valence-electron chi connectivity index (χ1n) is 14.4. The van der Waals surface area contributed by atoms with Crippen LogP contribution in [-0.4, -0.2) is 55.6 Å². The van der Waals surface area contributed by atoms with Gasteiger partial charge in [-0.3, -0.25) is 50.0 Å². The summed E-state index contributed by atoms with van der Waals surface area (Å²) in [7, 11) is 0. The lowest BCUT2D eigenvalue weighted by Crippen LogP contribution is -2.18. The normalized spacial score (nSPS) is 9.29. The summed E-state index contributed by atoms with van der Waals surface area (Å²) < 4.78 is 0. The van der Waals surface area contributed by atoms with E-state index in [9.17, 15) is 24.0 Å². The molecule has 45 heavy (non-hydrogen) atoms. The van der Waals surface area contributed by atoms with Crippen molar-refractivity contribution in [3.8, 4) is 0 Å². The van der Waals surface area contributed by atoms with Crippen LogP contribution in [0.4, 0.5) is 0 Å². The van der Waals surface area contributed by atoms with Crippen molar-refractivity contribution in [2.45, 2.75) is 84.0 Å². The molecule has 0 atom stereocenters. The lowest BCUT2D eigenvalue weighted by atomic mass is 10.1. The summed E-state index contributed by atoms with van der Waals surface area (Å²) in [4.78, 5) is 52.7. The quantitative estimate of drug-likeness (QED) is 0.0775. The second kappa shape index (κ2) is 31.0. The third-order valence-electron chi connectivity index (χ3n) is 5.68. The molecule has 15 nitrogen and oxygen atoms in total. The van der Waals surface area contributed by atoms with E-state index in [1.54, 1.807) is 57.7 Å². The monoisotopic (exact) mass is 637 g/mol. The molecule has 2 aromatic carbocycles. The van der Waals surface area contributed by atoms with Crippen molar-refractivity contribution in [3.05, 3.63) is 71.8 Å². The minimum absolute atomic E-state index is 0.288. The highest BCUT2D eigenvalue weighted by Gasteiger charge is 2.01. The Morgan fingerprint density at radius 3 is 1.24 bits per heavy atom. The maximum absolute atomic E-state index is 10.7. The van der Waals surface area contributed by atoms with E-state index >= 15 is 0 Å². The molecule has 15 heteroatoms. The van der Waals surface area contributed by atoms with E-state index < -0.39 is 17.7 Å². The highest BCUT2D eigenvalue weighted by atomic mass is 16.5. The number of nitrogens with one attached hydrogen (secondary N) is 5. The molecule has 0 unspecified atom stereocenters. The fourth-order valence-electron chi connectivity index (χ4n) is 3.24. The van der Waals surface area contributed by atoms with E-state index in [0.717, 1.165) is 37.7 Å². The van der Waals surface area contributed by atoms with E-state index in [1.165, 1.54) is 0 Å². The summed E-state index contributed by atoms with van der Waals surface area (Å²) in [6.45, 7) is 2.07. The third-order valence-corrected chi connectivity index (χ3v) is 5.68. The zero-order valence-corrected chi connectivity index (χ0v) is 25.5. The highest BCUT2D eigenvalue weighted by Crippen LogP contribution is 2.05. The third kappa shape index (κ3) is 28.1. The Morgan fingerprint density at radius 2 is 0.867 bits per heavy atom. The maximum Gasteiger partial charge on any atom is 0.274 e. The van der Waals surface area contributed by atoms with Gasteiger partial charge < -0.3 is 0 Å². The van der Waals surface area contributed by atoms with Crippen molar-refractivity contribution in [1.82, 2.24) is 27.4 Å². The van der Waals surface area contributed by atoms with Gasteiger partial charge in [-0.25, -0.2) is 27.4 Å². The maximum atomic E-state index is 10.7. The van der Waals surface area contributed by atoms with Crippen molar-refractivity contribution in [2.24, 2.45) is 0 Å². The molecule has 2 aromatic rings. The Kier molecular flexibility index (Phi) is 29.5. The number of hydroxylamine groups is 5. The van der Waals surface area contributed by atoms with Gasteiger partial charge in [0.1, 0.15) is 0 Å². The Labute approximate surface area is 262 Å². The molecule has 0 bridgehead atoms. The van der Waals surface area contributed by atoms with Gasteiger partial charge in [0, 0.05) is 31.2 Å². The second-order valence-corrected chi connectivity index (χ2v) is 9.30. The van der Waals surface area contributed by atoms with E-state index in [4.69, 9.17) is 26.0 Å². The van der Waals surface area contributed by atoms with Crippen LogP contribution in [0.25, 0.3) is 0 Å². The molecule has 0 heterocycles. The molecule has 0 radical (unpaired) electrons. The van der Waals surface area contributed by atoms with Crippen molar-refractivity contribution < 1.29 is 50.0 Å². The summed E-state index contributed by atoms with van der Waals surface area (Å²) >= 11 is 0. The molecule has 5 amide bonds. The number of benzene rings is 2. The number of carbonyl (C=O) groups excluding carboxylic acids is 5. The minimum atomic E-state index is -0.486. The number of unbranched alkanes of at least 4 members (excludes halogenated alkanes) is 5. The Balaban J connectivity index is 0. The van der Waals surface area contributed by atoms with Gasteiger partial charge in [-0.1, -0.05) is 81.1 Å². The topological polar surface area (TPSA) is 247 Å². The molecule has 0 aromatic heterocycles. The summed E-state index contributed by atoms with van der Waals surface area (Å²) in [5, 5.41) is 40.8. The molecule has 2 rings (SSSR count). The van der Waals surface area contributed by atoms with E-state index in [0.29, 0.717) is 50.5 Å². The standard InChI is InChI=1S/C9H11NO2.C8H16N2O4.C7H7NO2.C6H13NO2/c11-9(10-12)7-6-8-4-2-1-3-5-8;11-7(9-13)5-3-1-2-4-6-8(12)10-14;9-7(8-10)6-4-2-1-3-5-6;1-2-3-4-5-6(8)7-9/h1-5,12H,6-7H2,(H,10,11);13-14H,1-6H2,(H,9,11)(H,10,12);1-5,10H,(H,8,9);9H,2-5H2,1H3,(H,7,8). The van der Waals surface area contributed by atoms with Crippen molar-refractivity contribution in [3.63, 3.8) is 0 Å². The Morgan fingerprint density at radius 1 is 0.489 bits per heavy atom. The molecule has 0 saturated carbocycles. The van der Waals surface area contributed by atoms with Gasteiger partial charge in [-0.2, -0.15) is 0 Å². The van der Waals surface area contributed by atoms with Gasteiger partial charge >= 0.3 is 0 Å². The first-order chi connectivity index (χ1) is 21.7. The molecular weight excluding hydrogens is 590 g/mol. The van der Waals surface area contributed by atoms with Crippen LogP contribution in [0.2, 0.25) is 0 Å². The van der Waals surface area contributed by atoms with Crippen LogP contribution >= 0.6 is 0 Å². The molecule has 0 aliphatic carbocycles. The number of aryl methyl sites for hydroxylation is 1. The lowest BCUT2D eigenvalue weighted by Gasteiger charge is -2.00. The van der Waals surface area contributed by atoms with E-state index in [2.05, 4.69) is 6.92 Å². The fourth-order valence-corrected chi connectivity index (χ4v) is 3.24. The van der Waals surface area contributed by atoms with Crippen LogP contribution in [0, 0.1) is 0 Å². The smallest absolute Gasteiger partial charge is 0.274 e. The molecule has 0 saturated heterocycles. The summed E-state index contributed by atoms with van der Waals surface area (Å²) in [6, 6.07) is 18.2. The van der Waals surface area contributed by atoms with Crippen LogP contribution in [0.3, 0.4) is 0 Å². The van der Waals surface area contributed by atoms with Gasteiger partial charge in [-0.05, 0) is 43.4 Å². The van der Waals surface area contributed by atoms with Crippen molar-refractivity contribution >= 4 is 29.5 Å². The van der Waals surface area contributed by atoms with Crippen LogP contribution in [0.15, 0.2) is 60.7 Å². The Hall–Kier alpha value is -4.41. The largest absolute Gasteiger partial charge is 0.289 e. The molecule has 10 N–H and O–H groups in total. The minimum Gasteiger partial charge on any atom is -0.289 e. The fraction of sp³-hybridized carbons (Fsp3) is 0.433. The first-order valence-corrected chi connectivity index (χ1v) is 14.4. The average molecular weight is 638 g/mol. The molecule has 0 aliphatic rings. The second-order valence-electron chi connectivity index (χ2n) is 9.30. The first kappa shape index (κ1) is 42.7. The zero-order chi connectivity index (χ0) is 34.1. The number of carbonyl (C=O) groups is 5. The van der Waals surface area contributed by atoms with Crippen LogP contribution in [0.5, 0.6) is 0 Å². The molecule has 0 aliphatic heterocycles. The number of amides is 5. The van der Waals surface area contributed by atoms with Crippen LogP contribution < -0.4 is 27.4 Å². The lowest BCUT2D eigenvalue weighted by molar-refractivity contribution is -0.130. The zero-order valence-electron chi connectivity index (χ0n) is 25.5. The van der Waals surface area contributed by atoms with Gasteiger partial charge in [0.25, 0.3) is 5.91 Å². The number of hydrogen-bond acceptors (Lipinski definition) is 10. The molecule has 0 spiro atoms. The summed E-state index contributed by atoms with van der Waals surface area (Å²) in [5.41, 5.74) is 9.37. The predicted octanol–water partition coefficient (Wildman–Crippen LogP) is 3.34. The van der Waals surface area contributed by atoms with Gasteiger partial charge in [0.15, 0.2) is 0 Å². The summed E-state index contributed by atoms with van der Waals surface area (Å²) in [6.07, 6.45) is 8.04. The number of hydrogen-bond donors (Lipinski definition) is 10. The molecule has 252 valence electrons. The van der Waals surface area contributed by atoms with E-state index in [1.807, 2.05) is 30.3 Å². The predicted molar refractivity (Wildman–Crippen MR) is 162 cm³/mol. The van der Waals surface area contributed by atoms with Gasteiger partial charge in [0.05, 0.1) is 0 Å². The Bertz CT molecular complexity index is 1040. The average Bonchev–Trinajstić information content (AvgIpc) is 3.09. The van der Waals surface area contributed by atoms with Crippen molar-refractivity contribution in [2.75, 3.05) is 0 Å².